The Morgan fingerprint density at radius 1 is 1.15 bits per heavy atom. The van der Waals surface area contributed by atoms with Gasteiger partial charge in [-0.25, -0.2) is 20.1 Å². The van der Waals surface area contributed by atoms with Crippen molar-refractivity contribution in [2.75, 3.05) is 6.54 Å². The number of nitrogens with one attached hydrogen (secondary N) is 3. The van der Waals surface area contributed by atoms with Crippen molar-refractivity contribution in [2.24, 2.45) is 11.6 Å². The van der Waals surface area contributed by atoms with Crippen molar-refractivity contribution < 1.29 is 23.6 Å². The van der Waals surface area contributed by atoms with E-state index in [2.05, 4.69) is 10.3 Å². The molecule has 0 spiro atoms. The molecule has 0 aliphatic heterocycles. The number of aromatic nitrogens is 1. The van der Waals surface area contributed by atoms with Crippen LogP contribution >= 0.6 is 0 Å². The fourth-order valence-electron chi connectivity index (χ4n) is 3.31. The molecule has 9 nitrogen and oxygen atoms in total. The van der Waals surface area contributed by atoms with Crippen molar-refractivity contribution in [3.8, 4) is 0 Å². The van der Waals surface area contributed by atoms with Crippen LogP contribution in [0.25, 0.3) is 10.9 Å². The molecule has 1 aromatic heterocycles. The van der Waals surface area contributed by atoms with E-state index in [9.17, 15) is 18.4 Å². The molecule has 0 saturated carbocycles. The Bertz CT molecular complexity index is 1180. The molecular weight excluding hydrogens is 434 g/mol. The summed E-state index contributed by atoms with van der Waals surface area (Å²) in [6.07, 6.45) is 3.42. The highest BCUT2D eigenvalue weighted by molar-refractivity contribution is 5.94. The highest BCUT2D eigenvalue weighted by Crippen LogP contribution is 2.18. The zero-order valence-corrected chi connectivity index (χ0v) is 17.5. The molecule has 0 saturated heterocycles. The molecule has 2 amide bonds. The molecule has 1 atom stereocenters. The quantitative estimate of drug-likeness (QED) is 0.163. The first-order valence-electron chi connectivity index (χ1n) is 9.98. The highest BCUT2D eigenvalue weighted by Gasteiger charge is 2.19. The third-order valence-electron chi connectivity index (χ3n) is 5.01. The average molecular weight is 458 g/mol. The SMILES string of the molecule is N/C(=C\N(N)C(CC(=O)NO)Cc1ccc2[nH]ccc2c1)CNC(=O)c1ccc(F)c(F)c1. The van der Waals surface area contributed by atoms with Crippen molar-refractivity contribution in [3.63, 3.8) is 0 Å². The molecule has 0 aliphatic rings. The normalized spacial score (nSPS) is 12.4. The summed E-state index contributed by atoms with van der Waals surface area (Å²) in [4.78, 5) is 27.0. The maximum atomic E-state index is 13.3. The lowest BCUT2D eigenvalue weighted by Crippen LogP contribution is -2.42. The van der Waals surface area contributed by atoms with E-state index >= 15 is 0 Å². The molecule has 11 heteroatoms. The van der Waals surface area contributed by atoms with Crippen LogP contribution in [-0.2, 0) is 11.2 Å². The number of halogens is 2. The van der Waals surface area contributed by atoms with Crippen LogP contribution in [0, 0.1) is 11.6 Å². The summed E-state index contributed by atoms with van der Waals surface area (Å²) in [5, 5.41) is 13.6. The molecule has 174 valence electrons. The number of carbonyl (C=O) groups excluding carboxylic acids is 2. The minimum Gasteiger partial charge on any atom is -0.399 e. The monoisotopic (exact) mass is 458 g/mol. The van der Waals surface area contributed by atoms with Gasteiger partial charge < -0.3 is 21.0 Å². The number of benzene rings is 2. The fourth-order valence-corrected chi connectivity index (χ4v) is 3.31. The summed E-state index contributed by atoms with van der Waals surface area (Å²) in [6.45, 7) is -0.125. The zero-order valence-electron chi connectivity index (χ0n) is 17.5. The van der Waals surface area contributed by atoms with Gasteiger partial charge in [-0.2, -0.15) is 0 Å². The Morgan fingerprint density at radius 3 is 2.67 bits per heavy atom. The van der Waals surface area contributed by atoms with Gasteiger partial charge in [-0.3, -0.25) is 14.8 Å². The summed E-state index contributed by atoms with van der Waals surface area (Å²) < 4.78 is 26.3. The van der Waals surface area contributed by atoms with Crippen LogP contribution in [0.3, 0.4) is 0 Å². The van der Waals surface area contributed by atoms with Crippen LogP contribution < -0.4 is 22.4 Å². The number of hydrogen-bond donors (Lipinski definition) is 6. The number of hydrogen-bond acceptors (Lipinski definition) is 6. The highest BCUT2D eigenvalue weighted by atomic mass is 19.2. The summed E-state index contributed by atoms with van der Waals surface area (Å²) in [7, 11) is 0. The van der Waals surface area contributed by atoms with Crippen molar-refractivity contribution in [3.05, 3.63) is 83.3 Å². The van der Waals surface area contributed by atoms with Gasteiger partial charge in [0.15, 0.2) is 11.6 Å². The second-order valence-corrected chi connectivity index (χ2v) is 7.46. The molecule has 1 heterocycles. The van der Waals surface area contributed by atoms with E-state index in [-0.39, 0.29) is 24.2 Å². The third kappa shape index (κ3) is 6.28. The number of H-pyrrole nitrogens is 1. The van der Waals surface area contributed by atoms with Gasteiger partial charge in [0.05, 0.1) is 19.0 Å². The molecule has 0 aliphatic carbocycles. The number of fused-ring (bicyclic) bond motifs is 1. The topological polar surface area (TPSA) is 150 Å². The Morgan fingerprint density at radius 2 is 1.94 bits per heavy atom. The average Bonchev–Trinajstić information content (AvgIpc) is 3.26. The van der Waals surface area contributed by atoms with Crippen LogP contribution in [0.4, 0.5) is 8.78 Å². The second kappa shape index (κ2) is 10.6. The van der Waals surface area contributed by atoms with Crippen LogP contribution in [0.1, 0.15) is 22.3 Å². The summed E-state index contributed by atoms with van der Waals surface area (Å²) >= 11 is 0. The van der Waals surface area contributed by atoms with E-state index < -0.39 is 29.5 Å². The third-order valence-corrected chi connectivity index (χ3v) is 5.01. The number of hydrazine groups is 1. The largest absolute Gasteiger partial charge is 0.399 e. The van der Waals surface area contributed by atoms with Gasteiger partial charge in [-0.15, -0.1) is 0 Å². The van der Waals surface area contributed by atoms with Gasteiger partial charge in [0.25, 0.3) is 5.91 Å². The van der Waals surface area contributed by atoms with Crippen molar-refractivity contribution >= 4 is 22.7 Å². The summed E-state index contributed by atoms with van der Waals surface area (Å²) in [6, 6.07) is 9.90. The van der Waals surface area contributed by atoms with Gasteiger partial charge in [-0.1, -0.05) is 6.07 Å². The minimum absolute atomic E-state index is 0.0658. The van der Waals surface area contributed by atoms with Gasteiger partial charge in [0, 0.05) is 29.2 Å². The molecule has 1 unspecified atom stereocenters. The van der Waals surface area contributed by atoms with E-state index in [1.165, 1.54) is 11.2 Å². The van der Waals surface area contributed by atoms with E-state index in [0.717, 1.165) is 34.7 Å². The van der Waals surface area contributed by atoms with E-state index in [4.69, 9.17) is 16.8 Å². The predicted octanol–water partition coefficient (Wildman–Crippen LogP) is 1.66. The number of rotatable bonds is 9. The maximum absolute atomic E-state index is 13.3. The molecule has 3 aromatic rings. The zero-order chi connectivity index (χ0) is 24.0. The van der Waals surface area contributed by atoms with Crippen LogP contribution in [-0.4, -0.2) is 39.6 Å². The molecule has 33 heavy (non-hydrogen) atoms. The van der Waals surface area contributed by atoms with Gasteiger partial charge in [-0.05, 0) is 53.8 Å². The molecule has 8 N–H and O–H groups in total. The Hall–Kier alpha value is -3.96. The van der Waals surface area contributed by atoms with Crippen LogP contribution in [0.5, 0.6) is 0 Å². The minimum atomic E-state index is -1.14. The van der Waals surface area contributed by atoms with E-state index in [1.54, 1.807) is 5.48 Å². The first kappa shape index (κ1) is 23.7. The fraction of sp³-hybridized carbons (Fsp3) is 0.182. The molecular formula is C22H24F2N6O3. The molecule has 0 radical (unpaired) electrons. The van der Waals surface area contributed by atoms with Crippen molar-refractivity contribution in [2.45, 2.75) is 18.9 Å². The predicted molar refractivity (Wildman–Crippen MR) is 117 cm³/mol. The number of amides is 2. The lowest BCUT2D eigenvalue weighted by atomic mass is 10.0. The number of hydroxylamine groups is 1. The van der Waals surface area contributed by atoms with E-state index in [0.29, 0.717) is 6.42 Å². The summed E-state index contributed by atoms with van der Waals surface area (Å²) in [5.74, 6) is 2.65. The summed E-state index contributed by atoms with van der Waals surface area (Å²) in [5.41, 5.74) is 9.50. The van der Waals surface area contributed by atoms with Crippen LogP contribution in [0.15, 0.2) is 60.6 Å². The lowest BCUT2D eigenvalue weighted by Gasteiger charge is -2.26. The van der Waals surface area contributed by atoms with Gasteiger partial charge >= 0.3 is 0 Å². The maximum Gasteiger partial charge on any atom is 0.251 e. The number of aromatic amines is 1. The lowest BCUT2D eigenvalue weighted by molar-refractivity contribution is -0.130. The number of carbonyl (C=O) groups is 2. The molecule has 0 fully saturated rings. The molecule has 0 bridgehead atoms. The Balaban J connectivity index is 1.67. The second-order valence-electron chi connectivity index (χ2n) is 7.46. The standard InChI is InChI=1S/C22H24F2N6O3/c23-18-3-2-15(9-19(18)24)22(32)28-11-16(25)12-30(26)17(10-21(31)29-33)8-13-1-4-20-14(7-13)5-6-27-20/h1-7,9,12,17,27,33H,8,10-11,25-26H2,(H,28,32)(H,29,31)/b16-12-. The first-order chi connectivity index (χ1) is 15.8. The number of nitrogens with zero attached hydrogens (tertiary/aromatic N) is 1. The Kier molecular flexibility index (Phi) is 7.59. The first-order valence-corrected chi connectivity index (χ1v) is 9.98. The van der Waals surface area contributed by atoms with Gasteiger partial charge in [0.2, 0.25) is 5.91 Å². The molecule has 2 aromatic carbocycles. The number of nitrogens with two attached hydrogens (primary N) is 2. The van der Waals surface area contributed by atoms with Crippen molar-refractivity contribution in [1.82, 2.24) is 20.8 Å². The smallest absolute Gasteiger partial charge is 0.251 e. The molecule has 3 rings (SSSR count). The van der Waals surface area contributed by atoms with Gasteiger partial charge in [0.1, 0.15) is 0 Å². The Labute approximate surface area is 188 Å². The van der Waals surface area contributed by atoms with E-state index in [1.807, 2.05) is 30.5 Å². The van der Waals surface area contributed by atoms with Crippen molar-refractivity contribution in [1.29, 1.82) is 0 Å². The van der Waals surface area contributed by atoms with Crippen LogP contribution in [0.2, 0.25) is 0 Å².